The van der Waals surface area contributed by atoms with Crippen molar-refractivity contribution in [1.29, 1.82) is 0 Å². The fourth-order valence-corrected chi connectivity index (χ4v) is 5.18. The van der Waals surface area contributed by atoms with Crippen molar-refractivity contribution in [2.24, 2.45) is 0 Å². The van der Waals surface area contributed by atoms with Crippen LogP contribution < -0.4 is 20.3 Å². The summed E-state index contributed by atoms with van der Waals surface area (Å²) in [5, 5.41) is 3.15. The van der Waals surface area contributed by atoms with E-state index in [4.69, 9.17) is 14.2 Å². The number of carbonyl (C=O) groups excluding carboxylic acids is 1. The van der Waals surface area contributed by atoms with Crippen LogP contribution in [0, 0.1) is 18.6 Å². The summed E-state index contributed by atoms with van der Waals surface area (Å²) in [5.41, 5.74) is 0.736. The maximum absolute atomic E-state index is 15.4. The molecule has 1 amide bonds. The zero-order chi connectivity index (χ0) is 32.0. The van der Waals surface area contributed by atoms with Gasteiger partial charge in [0, 0.05) is 68.3 Å². The molecule has 5 aromatic rings. The number of carbonyl (C=O) groups is 1. The van der Waals surface area contributed by atoms with E-state index in [-0.39, 0.29) is 17.0 Å². The first-order valence-corrected chi connectivity index (χ1v) is 14.8. The fourth-order valence-electron chi connectivity index (χ4n) is 5.18. The van der Waals surface area contributed by atoms with E-state index in [1.807, 2.05) is 0 Å². The van der Waals surface area contributed by atoms with E-state index >= 15 is 4.39 Å². The summed E-state index contributed by atoms with van der Waals surface area (Å²) in [7, 11) is 0. The summed E-state index contributed by atoms with van der Waals surface area (Å²) in [6.45, 7) is 6.20. The van der Waals surface area contributed by atoms with Crippen LogP contribution in [0.4, 0.5) is 14.5 Å². The lowest BCUT2D eigenvalue weighted by atomic mass is 10.1. The zero-order valence-electron chi connectivity index (χ0n) is 25.0. The SMILES string of the molecule is Cc1cc(NC(=O)c2cccn(-c3ccc(F)cc3)c2=O)cc(F)c1Oc1ccnc2cc(OCCN3CCCOCC3)ncc12. The molecular weight excluding hydrogens is 596 g/mol. The number of anilines is 1. The van der Waals surface area contributed by atoms with Gasteiger partial charge in [-0.05, 0) is 67.4 Å². The van der Waals surface area contributed by atoms with E-state index in [0.29, 0.717) is 47.0 Å². The van der Waals surface area contributed by atoms with Crippen molar-refractivity contribution in [2.75, 3.05) is 44.8 Å². The number of halogens is 2. The van der Waals surface area contributed by atoms with Gasteiger partial charge in [0.25, 0.3) is 11.5 Å². The van der Waals surface area contributed by atoms with Crippen molar-refractivity contribution in [3.8, 4) is 23.1 Å². The monoisotopic (exact) mass is 627 g/mol. The zero-order valence-corrected chi connectivity index (χ0v) is 25.0. The molecule has 0 aliphatic carbocycles. The molecule has 1 saturated heterocycles. The average molecular weight is 628 g/mol. The van der Waals surface area contributed by atoms with Gasteiger partial charge in [0.15, 0.2) is 11.6 Å². The molecule has 1 aliphatic heterocycles. The molecule has 6 rings (SSSR count). The van der Waals surface area contributed by atoms with Crippen LogP contribution in [0.15, 0.2) is 84.0 Å². The quantitative estimate of drug-likeness (QED) is 0.228. The molecule has 0 radical (unpaired) electrons. The molecule has 4 heterocycles. The van der Waals surface area contributed by atoms with Crippen molar-refractivity contribution in [3.63, 3.8) is 0 Å². The number of benzene rings is 2. The fraction of sp³-hybridized carbons (Fsp3) is 0.235. The molecule has 12 heteroatoms. The minimum absolute atomic E-state index is 0.0365. The standard InChI is InChI=1S/C34H31F2N5O5/c1-22-18-24(39-33(42)26-4-2-12-41(34(26)43)25-7-5-23(35)6-8-25)19-28(36)32(22)46-30-9-10-37-29-20-31(38-21-27(29)30)45-17-14-40-11-3-15-44-16-13-40/h2,4-10,12,18-21H,3,11,13-17H2,1H3,(H,39,42). The Morgan fingerprint density at radius 2 is 1.89 bits per heavy atom. The van der Waals surface area contributed by atoms with E-state index in [1.54, 1.807) is 37.5 Å². The number of nitrogens with one attached hydrogen (secondary N) is 1. The van der Waals surface area contributed by atoms with Gasteiger partial charge in [-0.15, -0.1) is 0 Å². The van der Waals surface area contributed by atoms with Crippen LogP contribution in [0.2, 0.25) is 0 Å². The topological polar surface area (TPSA) is 108 Å². The van der Waals surface area contributed by atoms with Crippen molar-refractivity contribution in [1.82, 2.24) is 19.4 Å². The van der Waals surface area contributed by atoms with Gasteiger partial charge in [-0.1, -0.05) is 0 Å². The normalized spacial score (nSPS) is 13.7. The molecule has 0 bridgehead atoms. The summed E-state index contributed by atoms with van der Waals surface area (Å²) >= 11 is 0. The highest BCUT2D eigenvalue weighted by Gasteiger charge is 2.18. The Labute approximate surface area is 263 Å². The Kier molecular flexibility index (Phi) is 9.27. The maximum Gasteiger partial charge on any atom is 0.267 e. The first-order chi connectivity index (χ1) is 22.4. The van der Waals surface area contributed by atoms with Crippen LogP contribution in [0.1, 0.15) is 22.3 Å². The van der Waals surface area contributed by atoms with Crippen molar-refractivity contribution < 1.29 is 27.8 Å². The van der Waals surface area contributed by atoms with E-state index < -0.39 is 23.1 Å². The number of aromatic nitrogens is 3. The largest absolute Gasteiger partial charge is 0.476 e. The third kappa shape index (κ3) is 7.03. The van der Waals surface area contributed by atoms with E-state index in [1.165, 1.54) is 47.2 Å². The summed E-state index contributed by atoms with van der Waals surface area (Å²) in [6, 6.07) is 14.2. The molecule has 2 aromatic carbocycles. The summed E-state index contributed by atoms with van der Waals surface area (Å²) in [4.78, 5) is 37.1. The molecule has 0 saturated carbocycles. The number of pyridine rings is 3. The van der Waals surface area contributed by atoms with Crippen LogP contribution in [0.5, 0.6) is 17.4 Å². The molecule has 3 aromatic heterocycles. The van der Waals surface area contributed by atoms with Gasteiger partial charge in [0.1, 0.15) is 23.7 Å². The van der Waals surface area contributed by atoms with Gasteiger partial charge in [0.2, 0.25) is 5.88 Å². The molecule has 1 N–H and O–H groups in total. The Balaban J connectivity index is 1.15. The van der Waals surface area contributed by atoms with Gasteiger partial charge in [-0.2, -0.15) is 0 Å². The number of hydrogen-bond acceptors (Lipinski definition) is 8. The Bertz CT molecular complexity index is 1900. The van der Waals surface area contributed by atoms with Crippen LogP contribution >= 0.6 is 0 Å². The first-order valence-electron chi connectivity index (χ1n) is 14.8. The number of fused-ring (bicyclic) bond motifs is 1. The molecule has 0 unspecified atom stereocenters. The van der Waals surface area contributed by atoms with Crippen LogP contribution in [-0.2, 0) is 4.74 Å². The third-order valence-corrected chi connectivity index (χ3v) is 7.53. The summed E-state index contributed by atoms with van der Waals surface area (Å²) < 4.78 is 47.3. The molecule has 46 heavy (non-hydrogen) atoms. The van der Waals surface area contributed by atoms with Gasteiger partial charge in [0.05, 0.1) is 17.5 Å². The second-order valence-electron chi connectivity index (χ2n) is 10.7. The Morgan fingerprint density at radius 1 is 1.04 bits per heavy atom. The summed E-state index contributed by atoms with van der Waals surface area (Å²) in [6.07, 6.45) is 5.60. The highest BCUT2D eigenvalue weighted by atomic mass is 19.1. The molecule has 10 nitrogen and oxygen atoms in total. The number of rotatable bonds is 9. The van der Waals surface area contributed by atoms with Crippen LogP contribution in [0.3, 0.4) is 0 Å². The Hall–Kier alpha value is -5.20. The second kappa shape index (κ2) is 13.8. The lowest BCUT2D eigenvalue weighted by Gasteiger charge is -2.18. The first kappa shape index (κ1) is 30.8. The molecule has 236 valence electrons. The number of amides is 1. The lowest BCUT2D eigenvalue weighted by Crippen LogP contribution is -2.30. The average Bonchev–Trinajstić information content (AvgIpc) is 3.32. The van der Waals surface area contributed by atoms with Gasteiger partial charge in [-0.25, -0.2) is 13.8 Å². The smallest absolute Gasteiger partial charge is 0.267 e. The van der Waals surface area contributed by atoms with Crippen molar-refractivity contribution >= 4 is 22.5 Å². The highest BCUT2D eigenvalue weighted by molar-refractivity contribution is 6.04. The number of ether oxygens (including phenoxy) is 3. The predicted octanol–water partition coefficient (Wildman–Crippen LogP) is 5.51. The van der Waals surface area contributed by atoms with E-state index in [0.717, 1.165) is 38.7 Å². The van der Waals surface area contributed by atoms with Gasteiger partial charge < -0.3 is 19.5 Å². The lowest BCUT2D eigenvalue weighted by molar-refractivity contribution is 0.102. The predicted molar refractivity (Wildman–Crippen MR) is 168 cm³/mol. The Morgan fingerprint density at radius 3 is 2.72 bits per heavy atom. The molecule has 0 spiro atoms. The molecule has 1 fully saturated rings. The van der Waals surface area contributed by atoms with Gasteiger partial charge >= 0.3 is 0 Å². The number of hydrogen-bond donors (Lipinski definition) is 1. The van der Waals surface area contributed by atoms with Gasteiger partial charge in [-0.3, -0.25) is 24.0 Å². The second-order valence-corrected chi connectivity index (χ2v) is 10.7. The number of aryl methyl sites for hydroxylation is 1. The van der Waals surface area contributed by atoms with Crippen LogP contribution in [0.25, 0.3) is 16.6 Å². The third-order valence-electron chi connectivity index (χ3n) is 7.53. The minimum Gasteiger partial charge on any atom is -0.476 e. The summed E-state index contributed by atoms with van der Waals surface area (Å²) in [5.74, 6) is -1.16. The number of nitrogens with zero attached hydrogens (tertiary/aromatic N) is 4. The van der Waals surface area contributed by atoms with Crippen molar-refractivity contribution in [2.45, 2.75) is 13.3 Å². The highest BCUT2D eigenvalue weighted by Crippen LogP contribution is 2.34. The molecule has 0 atom stereocenters. The molecule has 1 aliphatic rings. The maximum atomic E-state index is 15.4. The van der Waals surface area contributed by atoms with E-state index in [9.17, 15) is 14.0 Å². The molecular formula is C34H31F2N5O5. The van der Waals surface area contributed by atoms with Crippen LogP contribution in [-0.4, -0.2) is 64.8 Å². The van der Waals surface area contributed by atoms with E-state index in [2.05, 4.69) is 20.2 Å². The minimum atomic E-state index is -0.724. The van der Waals surface area contributed by atoms with Crippen molar-refractivity contribution in [3.05, 3.63) is 112 Å².